The second-order valence-electron chi connectivity index (χ2n) is 5.79. The summed E-state index contributed by atoms with van der Waals surface area (Å²) in [6.07, 6.45) is 0. The summed E-state index contributed by atoms with van der Waals surface area (Å²) in [5.41, 5.74) is 2.37. The van der Waals surface area contributed by atoms with Gasteiger partial charge >= 0.3 is 0 Å². The molecule has 1 fully saturated rings. The van der Waals surface area contributed by atoms with Crippen LogP contribution in [0.2, 0.25) is 0 Å². The highest BCUT2D eigenvalue weighted by atomic mass is 32.2. The lowest BCUT2D eigenvalue weighted by Crippen LogP contribution is -2.45. The summed E-state index contributed by atoms with van der Waals surface area (Å²) in [5, 5.41) is 5.12. The van der Waals surface area contributed by atoms with Gasteiger partial charge in [0.1, 0.15) is 0 Å². The second-order valence-corrected chi connectivity index (χ2v) is 7.35. The Balaban J connectivity index is 1.57. The molecule has 0 atom stereocenters. The van der Waals surface area contributed by atoms with Gasteiger partial charge in [-0.25, -0.2) is 13.6 Å². The molecule has 2 N–H and O–H groups in total. The van der Waals surface area contributed by atoms with Crippen LogP contribution in [0.5, 0.6) is 0 Å². The first-order valence-corrected chi connectivity index (χ1v) is 9.21. The summed E-state index contributed by atoms with van der Waals surface area (Å²) in [5.74, 6) is 0. The quantitative estimate of drug-likeness (QED) is 0.925. The first-order valence-electron chi connectivity index (χ1n) is 7.66. The molecule has 1 heterocycles. The number of para-hydroxylation sites is 1. The molecule has 1 saturated heterocycles. The minimum absolute atomic E-state index is 0.162. The standard InChI is InChI=1S/C17H21N3O2S/c18-23(21,22)17-8-6-15(7-9-17)14-19-10-12-20(13-11-19)16-4-2-1-3-5-16/h1-9H,10-14H2,(H2,18,21,22). The van der Waals surface area contributed by atoms with Crippen LogP contribution in [0, 0.1) is 0 Å². The Morgan fingerprint density at radius 1 is 0.870 bits per heavy atom. The van der Waals surface area contributed by atoms with Crippen molar-refractivity contribution in [1.82, 2.24) is 4.90 Å². The van der Waals surface area contributed by atoms with Gasteiger partial charge in [0.15, 0.2) is 0 Å². The van der Waals surface area contributed by atoms with Crippen molar-refractivity contribution < 1.29 is 8.42 Å². The Morgan fingerprint density at radius 3 is 2.04 bits per heavy atom. The first kappa shape index (κ1) is 16.0. The molecular weight excluding hydrogens is 310 g/mol. The van der Waals surface area contributed by atoms with Gasteiger partial charge in [0.05, 0.1) is 4.90 Å². The maximum atomic E-state index is 11.3. The number of sulfonamides is 1. The van der Waals surface area contributed by atoms with Crippen molar-refractivity contribution >= 4 is 15.7 Å². The molecule has 23 heavy (non-hydrogen) atoms. The molecule has 0 spiro atoms. The van der Waals surface area contributed by atoms with Crippen LogP contribution in [0.4, 0.5) is 5.69 Å². The molecule has 0 aliphatic carbocycles. The van der Waals surface area contributed by atoms with Gasteiger partial charge in [0, 0.05) is 38.4 Å². The fraction of sp³-hybridized carbons (Fsp3) is 0.294. The number of hydrogen-bond acceptors (Lipinski definition) is 4. The number of piperazine rings is 1. The van der Waals surface area contributed by atoms with Crippen LogP contribution in [-0.4, -0.2) is 39.5 Å². The summed E-state index contributed by atoms with van der Waals surface area (Å²) in [7, 11) is -3.61. The molecule has 122 valence electrons. The van der Waals surface area contributed by atoms with Crippen LogP contribution < -0.4 is 10.0 Å². The van der Waals surface area contributed by atoms with Gasteiger partial charge in [-0.05, 0) is 29.8 Å². The second kappa shape index (κ2) is 6.70. The smallest absolute Gasteiger partial charge is 0.238 e. The van der Waals surface area contributed by atoms with E-state index >= 15 is 0 Å². The van der Waals surface area contributed by atoms with Gasteiger partial charge in [-0.3, -0.25) is 4.90 Å². The Morgan fingerprint density at radius 2 is 1.48 bits per heavy atom. The third-order valence-electron chi connectivity index (χ3n) is 4.15. The van der Waals surface area contributed by atoms with Gasteiger partial charge < -0.3 is 4.90 Å². The molecule has 1 aliphatic rings. The van der Waals surface area contributed by atoms with E-state index in [1.807, 2.05) is 18.2 Å². The Kier molecular flexibility index (Phi) is 4.66. The van der Waals surface area contributed by atoms with Gasteiger partial charge in [0.25, 0.3) is 0 Å². The topological polar surface area (TPSA) is 66.6 Å². The SMILES string of the molecule is NS(=O)(=O)c1ccc(CN2CCN(c3ccccc3)CC2)cc1. The van der Waals surface area contributed by atoms with E-state index < -0.39 is 10.0 Å². The van der Waals surface area contributed by atoms with Gasteiger partial charge in [-0.15, -0.1) is 0 Å². The van der Waals surface area contributed by atoms with Gasteiger partial charge in [0.2, 0.25) is 10.0 Å². The normalized spacial score (nSPS) is 16.5. The van der Waals surface area contributed by atoms with Gasteiger partial charge in [-0.1, -0.05) is 30.3 Å². The fourth-order valence-corrected chi connectivity index (χ4v) is 3.36. The molecule has 3 rings (SSSR count). The number of nitrogens with two attached hydrogens (primary N) is 1. The predicted octanol–water partition coefficient (Wildman–Crippen LogP) is 1.66. The average molecular weight is 331 g/mol. The highest BCUT2D eigenvalue weighted by molar-refractivity contribution is 7.89. The number of nitrogens with zero attached hydrogens (tertiary/aromatic N) is 2. The van der Waals surface area contributed by atoms with Crippen LogP contribution in [-0.2, 0) is 16.6 Å². The molecule has 0 radical (unpaired) electrons. The lowest BCUT2D eigenvalue weighted by Gasteiger charge is -2.36. The molecule has 2 aromatic rings. The zero-order valence-electron chi connectivity index (χ0n) is 12.9. The van der Waals surface area contributed by atoms with E-state index in [9.17, 15) is 8.42 Å². The summed E-state index contributed by atoms with van der Waals surface area (Å²) in [6, 6.07) is 17.3. The Hall–Kier alpha value is -1.89. The van der Waals surface area contributed by atoms with Crippen LogP contribution in [0.3, 0.4) is 0 Å². The minimum Gasteiger partial charge on any atom is -0.369 e. The minimum atomic E-state index is -3.61. The summed E-state index contributed by atoms with van der Waals surface area (Å²) >= 11 is 0. The summed E-state index contributed by atoms with van der Waals surface area (Å²) in [4.78, 5) is 4.93. The van der Waals surface area contributed by atoms with E-state index in [-0.39, 0.29) is 4.90 Å². The van der Waals surface area contributed by atoms with Crippen molar-refractivity contribution in [3.05, 3.63) is 60.2 Å². The molecule has 5 nitrogen and oxygen atoms in total. The van der Waals surface area contributed by atoms with E-state index in [1.54, 1.807) is 12.1 Å². The number of benzene rings is 2. The van der Waals surface area contributed by atoms with E-state index in [0.717, 1.165) is 38.3 Å². The predicted molar refractivity (Wildman–Crippen MR) is 91.7 cm³/mol. The van der Waals surface area contributed by atoms with Crippen molar-refractivity contribution in [2.75, 3.05) is 31.1 Å². The molecule has 0 aromatic heterocycles. The largest absolute Gasteiger partial charge is 0.369 e. The van der Waals surface area contributed by atoms with Gasteiger partial charge in [-0.2, -0.15) is 0 Å². The van der Waals surface area contributed by atoms with Crippen LogP contribution in [0.1, 0.15) is 5.56 Å². The Bertz CT molecular complexity index is 737. The van der Waals surface area contributed by atoms with E-state index in [0.29, 0.717) is 0 Å². The first-order chi connectivity index (χ1) is 11.0. The van der Waals surface area contributed by atoms with Crippen molar-refractivity contribution in [2.45, 2.75) is 11.4 Å². The summed E-state index contributed by atoms with van der Waals surface area (Å²) in [6.45, 7) is 4.81. The number of anilines is 1. The number of primary sulfonamides is 1. The molecule has 2 aromatic carbocycles. The number of rotatable bonds is 4. The maximum absolute atomic E-state index is 11.3. The van der Waals surface area contributed by atoms with E-state index in [2.05, 4.69) is 34.1 Å². The summed E-state index contributed by atoms with van der Waals surface area (Å²) < 4.78 is 22.5. The van der Waals surface area contributed by atoms with Crippen molar-refractivity contribution in [1.29, 1.82) is 0 Å². The zero-order chi connectivity index (χ0) is 16.3. The van der Waals surface area contributed by atoms with E-state index in [4.69, 9.17) is 5.14 Å². The lowest BCUT2D eigenvalue weighted by atomic mass is 10.2. The third kappa shape index (κ3) is 4.10. The fourth-order valence-electron chi connectivity index (χ4n) is 2.85. The van der Waals surface area contributed by atoms with Crippen molar-refractivity contribution in [2.24, 2.45) is 5.14 Å². The Labute approximate surface area is 137 Å². The lowest BCUT2D eigenvalue weighted by molar-refractivity contribution is 0.250. The number of hydrogen-bond donors (Lipinski definition) is 1. The molecule has 6 heteroatoms. The maximum Gasteiger partial charge on any atom is 0.238 e. The molecule has 0 unspecified atom stereocenters. The van der Waals surface area contributed by atoms with Crippen molar-refractivity contribution in [3.8, 4) is 0 Å². The molecule has 1 aliphatic heterocycles. The average Bonchev–Trinajstić information content (AvgIpc) is 2.56. The monoisotopic (exact) mass is 331 g/mol. The third-order valence-corrected chi connectivity index (χ3v) is 5.08. The van der Waals surface area contributed by atoms with E-state index in [1.165, 1.54) is 5.69 Å². The van der Waals surface area contributed by atoms with Crippen LogP contribution in [0.15, 0.2) is 59.5 Å². The highest BCUT2D eigenvalue weighted by Gasteiger charge is 2.17. The zero-order valence-corrected chi connectivity index (χ0v) is 13.7. The van der Waals surface area contributed by atoms with Crippen LogP contribution >= 0.6 is 0 Å². The van der Waals surface area contributed by atoms with Crippen LogP contribution in [0.25, 0.3) is 0 Å². The molecule has 0 bridgehead atoms. The molecule has 0 amide bonds. The molecule has 0 saturated carbocycles. The highest BCUT2D eigenvalue weighted by Crippen LogP contribution is 2.17. The molecular formula is C17H21N3O2S. The van der Waals surface area contributed by atoms with Crippen molar-refractivity contribution in [3.63, 3.8) is 0 Å².